The van der Waals surface area contributed by atoms with Crippen LogP contribution in [0.1, 0.15) is 27.2 Å². The van der Waals surface area contributed by atoms with Crippen LogP contribution in [-0.4, -0.2) is 23.6 Å². The SMILES string of the molecule is CCCOc1ccccc1NC(=O)[C@H]1[C@@H](C(=O)O)C1(C)C. The van der Waals surface area contributed by atoms with E-state index in [2.05, 4.69) is 5.32 Å². The van der Waals surface area contributed by atoms with Gasteiger partial charge in [0.2, 0.25) is 5.91 Å². The number of hydrogen-bond acceptors (Lipinski definition) is 3. The van der Waals surface area contributed by atoms with Crippen molar-refractivity contribution < 1.29 is 19.4 Å². The van der Waals surface area contributed by atoms with E-state index in [0.717, 1.165) is 6.42 Å². The molecular weight excluding hydrogens is 270 g/mol. The van der Waals surface area contributed by atoms with Gasteiger partial charge in [0, 0.05) is 0 Å². The van der Waals surface area contributed by atoms with Crippen LogP contribution >= 0.6 is 0 Å². The topological polar surface area (TPSA) is 75.6 Å². The van der Waals surface area contributed by atoms with Crippen LogP contribution in [0.5, 0.6) is 5.75 Å². The molecule has 2 N–H and O–H groups in total. The number of hydrogen-bond donors (Lipinski definition) is 2. The fraction of sp³-hybridized carbons (Fsp3) is 0.500. The molecule has 0 spiro atoms. The van der Waals surface area contributed by atoms with Gasteiger partial charge in [0.15, 0.2) is 0 Å². The average molecular weight is 291 g/mol. The Morgan fingerprint density at radius 2 is 1.95 bits per heavy atom. The first-order valence-corrected chi connectivity index (χ1v) is 7.15. The van der Waals surface area contributed by atoms with Gasteiger partial charge in [-0.05, 0) is 24.0 Å². The van der Waals surface area contributed by atoms with E-state index in [-0.39, 0.29) is 5.91 Å². The highest BCUT2D eigenvalue weighted by atomic mass is 16.5. The summed E-state index contributed by atoms with van der Waals surface area (Å²) in [6.07, 6.45) is 0.874. The van der Waals surface area contributed by atoms with Gasteiger partial charge in [-0.3, -0.25) is 9.59 Å². The van der Waals surface area contributed by atoms with Crippen molar-refractivity contribution in [3.05, 3.63) is 24.3 Å². The molecular formula is C16H21NO4. The first-order chi connectivity index (χ1) is 9.89. The zero-order valence-corrected chi connectivity index (χ0v) is 12.6. The molecule has 1 amide bonds. The van der Waals surface area contributed by atoms with Crippen LogP contribution in [0, 0.1) is 17.3 Å². The third kappa shape index (κ3) is 3.01. The molecule has 2 atom stereocenters. The lowest BCUT2D eigenvalue weighted by molar-refractivity contribution is -0.140. The summed E-state index contributed by atoms with van der Waals surface area (Å²) in [5.74, 6) is -1.70. The Labute approximate surface area is 124 Å². The molecule has 0 aromatic heterocycles. The van der Waals surface area contributed by atoms with Crippen LogP contribution in [0.4, 0.5) is 5.69 Å². The number of rotatable bonds is 6. The zero-order chi connectivity index (χ0) is 15.6. The van der Waals surface area contributed by atoms with Crippen molar-refractivity contribution in [1.29, 1.82) is 0 Å². The van der Waals surface area contributed by atoms with Crippen LogP contribution in [0.15, 0.2) is 24.3 Å². The lowest BCUT2D eigenvalue weighted by atomic mass is 10.1. The maximum absolute atomic E-state index is 12.3. The Hall–Kier alpha value is -2.04. The summed E-state index contributed by atoms with van der Waals surface area (Å²) < 4.78 is 5.58. The Bertz CT molecular complexity index is 553. The number of anilines is 1. The molecule has 21 heavy (non-hydrogen) atoms. The molecule has 5 nitrogen and oxygen atoms in total. The van der Waals surface area contributed by atoms with Gasteiger partial charge in [-0.15, -0.1) is 0 Å². The summed E-state index contributed by atoms with van der Waals surface area (Å²) in [5.41, 5.74) is 0.0811. The van der Waals surface area contributed by atoms with Crippen LogP contribution in [-0.2, 0) is 9.59 Å². The minimum Gasteiger partial charge on any atom is -0.491 e. The molecule has 0 unspecified atom stereocenters. The molecule has 114 valence electrons. The summed E-state index contributed by atoms with van der Waals surface area (Å²) in [6.45, 7) is 6.18. The smallest absolute Gasteiger partial charge is 0.307 e. The van der Waals surface area contributed by atoms with E-state index >= 15 is 0 Å². The molecule has 5 heteroatoms. The number of carbonyl (C=O) groups is 2. The van der Waals surface area contributed by atoms with Crippen LogP contribution in [0.3, 0.4) is 0 Å². The van der Waals surface area contributed by atoms with Crippen molar-refractivity contribution >= 4 is 17.6 Å². The predicted octanol–water partition coefficient (Wildman–Crippen LogP) is 2.77. The molecule has 0 radical (unpaired) electrons. The minimum absolute atomic E-state index is 0.264. The van der Waals surface area contributed by atoms with Crippen LogP contribution in [0.25, 0.3) is 0 Å². The fourth-order valence-corrected chi connectivity index (χ4v) is 2.71. The molecule has 0 heterocycles. The Kier molecular flexibility index (Phi) is 4.21. The van der Waals surface area contributed by atoms with E-state index in [1.54, 1.807) is 32.0 Å². The largest absolute Gasteiger partial charge is 0.491 e. The van der Waals surface area contributed by atoms with Crippen molar-refractivity contribution in [3.63, 3.8) is 0 Å². The van der Waals surface area contributed by atoms with Gasteiger partial charge in [-0.2, -0.15) is 0 Å². The van der Waals surface area contributed by atoms with Gasteiger partial charge in [0.05, 0.1) is 24.1 Å². The summed E-state index contributed by atoms with van der Waals surface area (Å²) >= 11 is 0. The second-order valence-electron chi connectivity index (χ2n) is 5.95. The monoisotopic (exact) mass is 291 g/mol. The van der Waals surface area contributed by atoms with Gasteiger partial charge in [-0.25, -0.2) is 0 Å². The van der Waals surface area contributed by atoms with Crippen molar-refractivity contribution in [2.24, 2.45) is 17.3 Å². The molecule has 1 aromatic rings. The first-order valence-electron chi connectivity index (χ1n) is 7.15. The van der Waals surface area contributed by atoms with E-state index in [9.17, 15) is 9.59 Å². The predicted molar refractivity (Wildman–Crippen MR) is 79.3 cm³/mol. The Morgan fingerprint density at radius 3 is 2.52 bits per heavy atom. The normalized spacial score (nSPS) is 22.4. The van der Waals surface area contributed by atoms with Gasteiger partial charge in [0.1, 0.15) is 5.75 Å². The second kappa shape index (κ2) is 5.76. The van der Waals surface area contributed by atoms with Crippen molar-refractivity contribution in [1.82, 2.24) is 0 Å². The number of aliphatic carboxylic acids is 1. The molecule has 1 aliphatic carbocycles. The molecule has 0 saturated heterocycles. The minimum atomic E-state index is -0.921. The van der Waals surface area contributed by atoms with Gasteiger partial charge in [-0.1, -0.05) is 32.9 Å². The number of nitrogens with one attached hydrogen (secondary N) is 1. The summed E-state index contributed by atoms with van der Waals surface area (Å²) in [6, 6.07) is 7.19. The number of benzene rings is 1. The maximum atomic E-state index is 12.3. The van der Waals surface area contributed by atoms with Crippen molar-refractivity contribution in [2.45, 2.75) is 27.2 Å². The summed E-state index contributed by atoms with van der Waals surface area (Å²) in [4.78, 5) is 23.4. The lowest BCUT2D eigenvalue weighted by Gasteiger charge is -2.12. The molecule has 1 aliphatic rings. The highest BCUT2D eigenvalue weighted by Crippen LogP contribution is 2.58. The number of para-hydroxylation sites is 2. The maximum Gasteiger partial charge on any atom is 0.307 e. The lowest BCUT2D eigenvalue weighted by Crippen LogP contribution is -2.18. The summed E-state index contributed by atoms with van der Waals surface area (Å²) in [5, 5.41) is 11.9. The quantitative estimate of drug-likeness (QED) is 0.845. The standard InChI is InChI=1S/C16H21NO4/c1-4-9-21-11-8-6-5-7-10(11)17-14(18)12-13(15(19)20)16(12,2)3/h5-8,12-13H,4,9H2,1-3H3,(H,17,18)(H,19,20)/t12-,13+/m1/s1. The van der Waals surface area contributed by atoms with E-state index < -0.39 is 23.2 Å². The molecule has 1 saturated carbocycles. The molecule has 0 aliphatic heterocycles. The number of ether oxygens (including phenoxy) is 1. The Balaban J connectivity index is 2.09. The van der Waals surface area contributed by atoms with Crippen LogP contribution < -0.4 is 10.1 Å². The second-order valence-corrected chi connectivity index (χ2v) is 5.95. The zero-order valence-electron chi connectivity index (χ0n) is 12.6. The van der Waals surface area contributed by atoms with Gasteiger partial charge < -0.3 is 15.2 Å². The van der Waals surface area contributed by atoms with E-state index in [1.807, 2.05) is 13.0 Å². The van der Waals surface area contributed by atoms with Gasteiger partial charge in [0.25, 0.3) is 0 Å². The summed E-state index contributed by atoms with van der Waals surface area (Å²) in [7, 11) is 0. The average Bonchev–Trinajstić information content (AvgIpc) is 3.01. The molecule has 2 rings (SSSR count). The highest BCUT2D eigenvalue weighted by Gasteiger charge is 2.65. The fourth-order valence-electron chi connectivity index (χ4n) is 2.71. The van der Waals surface area contributed by atoms with E-state index in [1.165, 1.54) is 0 Å². The molecule has 1 aromatic carbocycles. The number of carboxylic acid groups (broad SMARTS) is 1. The van der Waals surface area contributed by atoms with E-state index in [4.69, 9.17) is 9.84 Å². The number of amides is 1. The third-order valence-electron chi connectivity index (χ3n) is 3.98. The van der Waals surface area contributed by atoms with Gasteiger partial charge >= 0.3 is 5.97 Å². The van der Waals surface area contributed by atoms with Crippen LogP contribution in [0.2, 0.25) is 0 Å². The highest BCUT2D eigenvalue weighted by molar-refractivity contribution is 6.00. The number of carboxylic acids is 1. The van der Waals surface area contributed by atoms with E-state index in [0.29, 0.717) is 18.0 Å². The molecule has 1 fully saturated rings. The Morgan fingerprint density at radius 1 is 1.29 bits per heavy atom. The number of carbonyl (C=O) groups excluding carboxylic acids is 1. The first kappa shape index (κ1) is 15.4. The molecule has 0 bridgehead atoms. The van der Waals surface area contributed by atoms with Crippen molar-refractivity contribution in [2.75, 3.05) is 11.9 Å². The third-order valence-corrected chi connectivity index (χ3v) is 3.98. The van der Waals surface area contributed by atoms with Crippen molar-refractivity contribution in [3.8, 4) is 5.75 Å².